The second kappa shape index (κ2) is 6.29. The molecule has 0 N–H and O–H groups in total. The van der Waals surface area contributed by atoms with E-state index in [9.17, 15) is 4.79 Å². The van der Waals surface area contributed by atoms with Crippen LogP contribution in [-0.2, 0) is 0 Å². The molecule has 0 aliphatic carbocycles. The molecule has 0 radical (unpaired) electrons. The summed E-state index contributed by atoms with van der Waals surface area (Å²) < 4.78 is 10.4. The average molecular weight is 274 g/mol. The Hall–Kier alpha value is -2.22. The van der Waals surface area contributed by atoms with E-state index in [0.717, 1.165) is 12.8 Å². The van der Waals surface area contributed by atoms with Crippen LogP contribution in [0.3, 0.4) is 0 Å². The zero-order valence-electron chi connectivity index (χ0n) is 11.8. The highest BCUT2D eigenvalue weighted by atomic mass is 16.5. The van der Waals surface area contributed by atoms with Crippen molar-refractivity contribution in [2.24, 2.45) is 5.92 Å². The molecule has 0 unspecified atom stereocenters. The number of likely N-dealkylation sites (tertiary alicyclic amines) is 1. The monoisotopic (exact) mass is 274 g/mol. The molecule has 1 aliphatic heterocycles. The van der Waals surface area contributed by atoms with Crippen LogP contribution in [0.5, 0.6) is 11.5 Å². The summed E-state index contributed by atoms with van der Waals surface area (Å²) in [6.07, 6.45) is 1.47. The Balaban J connectivity index is 2.15. The fraction of sp³-hybridized carbons (Fsp3) is 0.467. The van der Waals surface area contributed by atoms with Crippen LogP contribution in [0.4, 0.5) is 0 Å². The number of ether oxygens (including phenoxy) is 2. The number of nitriles is 1. The molecule has 1 aromatic carbocycles. The highest BCUT2D eigenvalue weighted by Gasteiger charge is 2.25. The molecule has 5 heteroatoms. The molecule has 5 nitrogen and oxygen atoms in total. The molecule has 1 aliphatic rings. The molecule has 106 valence electrons. The highest BCUT2D eigenvalue weighted by molar-refractivity contribution is 5.97. The molecule has 1 aromatic rings. The van der Waals surface area contributed by atoms with E-state index < -0.39 is 0 Å². The number of amides is 1. The van der Waals surface area contributed by atoms with Gasteiger partial charge in [-0.15, -0.1) is 0 Å². The van der Waals surface area contributed by atoms with E-state index in [-0.39, 0.29) is 11.8 Å². The van der Waals surface area contributed by atoms with E-state index in [2.05, 4.69) is 6.07 Å². The van der Waals surface area contributed by atoms with Gasteiger partial charge in [-0.2, -0.15) is 5.26 Å². The number of nitrogens with zero attached hydrogens (tertiary/aromatic N) is 2. The van der Waals surface area contributed by atoms with Gasteiger partial charge < -0.3 is 14.4 Å². The van der Waals surface area contributed by atoms with Gasteiger partial charge >= 0.3 is 0 Å². The molecular weight excluding hydrogens is 256 g/mol. The Kier molecular flexibility index (Phi) is 4.46. The molecule has 1 fully saturated rings. The first-order valence-corrected chi connectivity index (χ1v) is 6.60. The minimum atomic E-state index is -0.0547. The molecule has 20 heavy (non-hydrogen) atoms. The Labute approximate surface area is 118 Å². The van der Waals surface area contributed by atoms with Crippen LogP contribution >= 0.6 is 0 Å². The van der Waals surface area contributed by atoms with Crippen molar-refractivity contribution in [1.29, 1.82) is 5.26 Å². The first kappa shape index (κ1) is 14.2. The summed E-state index contributed by atoms with van der Waals surface area (Å²) in [4.78, 5) is 14.3. The lowest BCUT2D eigenvalue weighted by Gasteiger charge is -2.29. The standard InChI is InChI=1S/C15H18N2O3/c1-19-12-3-4-13(14(9-12)20-2)15(18)17-7-5-11(10-16)6-8-17/h3-4,9,11H,5-8H2,1-2H3. The van der Waals surface area contributed by atoms with Crippen LogP contribution in [0.1, 0.15) is 23.2 Å². The average Bonchev–Trinajstić information content (AvgIpc) is 2.53. The van der Waals surface area contributed by atoms with Gasteiger partial charge in [0.1, 0.15) is 11.5 Å². The van der Waals surface area contributed by atoms with Gasteiger partial charge in [-0.25, -0.2) is 0 Å². The minimum absolute atomic E-state index is 0.0547. The first-order valence-electron chi connectivity index (χ1n) is 6.60. The molecule has 0 atom stereocenters. The van der Waals surface area contributed by atoms with Crippen LogP contribution in [-0.4, -0.2) is 38.1 Å². The molecule has 1 amide bonds. The molecule has 0 spiro atoms. The fourth-order valence-electron chi connectivity index (χ4n) is 2.36. The van der Waals surface area contributed by atoms with Crippen molar-refractivity contribution in [2.75, 3.05) is 27.3 Å². The van der Waals surface area contributed by atoms with E-state index >= 15 is 0 Å². The largest absolute Gasteiger partial charge is 0.497 e. The molecule has 2 rings (SSSR count). The SMILES string of the molecule is COc1ccc(C(=O)N2CCC(C#N)CC2)c(OC)c1. The number of methoxy groups -OCH3 is 2. The summed E-state index contributed by atoms with van der Waals surface area (Å²) in [5.74, 6) is 1.18. The lowest BCUT2D eigenvalue weighted by atomic mass is 9.98. The van der Waals surface area contributed by atoms with Crippen LogP contribution < -0.4 is 9.47 Å². The van der Waals surface area contributed by atoms with E-state index in [1.54, 1.807) is 30.2 Å². The van der Waals surface area contributed by atoms with Gasteiger partial charge in [0, 0.05) is 25.1 Å². The maximum Gasteiger partial charge on any atom is 0.257 e. The minimum Gasteiger partial charge on any atom is -0.497 e. The second-order valence-corrected chi connectivity index (χ2v) is 4.76. The first-order chi connectivity index (χ1) is 9.69. The van der Waals surface area contributed by atoms with Gasteiger partial charge in [-0.05, 0) is 25.0 Å². The predicted octanol–water partition coefficient (Wildman–Crippen LogP) is 2.08. The van der Waals surface area contributed by atoms with Crippen LogP contribution in [0.25, 0.3) is 0 Å². The number of benzene rings is 1. The zero-order valence-corrected chi connectivity index (χ0v) is 11.8. The Bertz CT molecular complexity index is 528. The number of carbonyl (C=O) groups is 1. The smallest absolute Gasteiger partial charge is 0.257 e. The fourth-order valence-corrected chi connectivity index (χ4v) is 2.36. The van der Waals surface area contributed by atoms with E-state index in [1.807, 2.05) is 0 Å². The zero-order chi connectivity index (χ0) is 14.5. The van der Waals surface area contributed by atoms with Crippen molar-refractivity contribution in [1.82, 2.24) is 4.90 Å². The third-order valence-electron chi connectivity index (χ3n) is 3.60. The summed E-state index contributed by atoms with van der Waals surface area (Å²) >= 11 is 0. The molecule has 1 heterocycles. The van der Waals surface area contributed by atoms with E-state index in [1.165, 1.54) is 7.11 Å². The number of hydrogen-bond acceptors (Lipinski definition) is 4. The van der Waals surface area contributed by atoms with E-state index in [0.29, 0.717) is 30.2 Å². The Morgan fingerprint density at radius 1 is 1.30 bits per heavy atom. The third kappa shape index (κ3) is 2.85. The van der Waals surface area contributed by atoms with Crippen molar-refractivity contribution < 1.29 is 14.3 Å². The van der Waals surface area contributed by atoms with Crippen molar-refractivity contribution in [3.8, 4) is 17.6 Å². The number of hydrogen-bond donors (Lipinski definition) is 0. The summed E-state index contributed by atoms with van der Waals surface area (Å²) in [5.41, 5.74) is 0.531. The summed E-state index contributed by atoms with van der Waals surface area (Å²) in [6, 6.07) is 7.43. The lowest BCUT2D eigenvalue weighted by molar-refractivity contribution is 0.0704. The number of carbonyl (C=O) groups excluding carboxylic acids is 1. The molecule has 0 aromatic heterocycles. The molecule has 0 bridgehead atoms. The number of piperidine rings is 1. The van der Waals surface area contributed by atoms with Crippen molar-refractivity contribution >= 4 is 5.91 Å². The molecule has 1 saturated heterocycles. The highest BCUT2D eigenvalue weighted by Crippen LogP contribution is 2.27. The topological polar surface area (TPSA) is 62.6 Å². The lowest BCUT2D eigenvalue weighted by Crippen LogP contribution is -2.38. The van der Waals surface area contributed by atoms with Crippen molar-refractivity contribution in [2.45, 2.75) is 12.8 Å². The van der Waals surface area contributed by atoms with Crippen LogP contribution in [0.2, 0.25) is 0 Å². The quantitative estimate of drug-likeness (QED) is 0.846. The third-order valence-corrected chi connectivity index (χ3v) is 3.60. The predicted molar refractivity (Wildman–Crippen MR) is 73.8 cm³/mol. The van der Waals surface area contributed by atoms with Crippen LogP contribution in [0.15, 0.2) is 18.2 Å². The van der Waals surface area contributed by atoms with Crippen molar-refractivity contribution in [3.05, 3.63) is 23.8 Å². The second-order valence-electron chi connectivity index (χ2n) is 4.76. The van der Waals surface area contributed by atoms with Gasteiger partial charge in [0.2, 0.25) is 0 Å². The Morgan fingerprint density at radius 2 is 2.00 bits per heavy atom. The maximum absolute atomic E-state index is 12.5. The summed E-state index contributed by atoms with van der Waals surface area (Å²) in [6.45, 7) is 1.23. The van der Waals surface area contributed by atoms with Gasteiger partial charge in [-0.3, -0.25) is 4.79 Å². The van der Waals surface area contributed by atoms with Gasteiger partial charge in [0.25, 0.3) is 5.91 Å². The van der Waals surface area contributed by atoms with E-state index in [4.69, 9.17) is 14.7 Å². The maximum atomic E-state index is 12.5. The van der Waals surface area contributed by atoms with Crippen LogP contribution in [0, 0.1) is 17.2 Å². The molecule has 0 saturated carbocycles. The normalized spacial score (nSPS) is 15.6. The number of rotatable bonds is 3. The van der Waals surface area contributed by atoms with Gasteiger partial charge in [0.05, 0.1) is 25.9 Å². The van der Waals surface area contributed by atoms with Gasteiger partial charge in [-0.1, -0.05) is 0 Å². The van der Waals surface area contributed by atoms with Gasteiger partial charge in [0.15, 0.2) is 0 Å². The Morgan fingerprint density at radius 3 is 2.55 bits per heavy atom. The summed E-state index contributed by atoms with van der Waals surface area (Å²) in [7, 11) is 3.11. The van der Waals surface area contributed by atoms with Crippen molar-refractivity contribution in [3.63, 3.8) is 0 Å². The summed E-state index contributed by atoms with van der Waals surface area (Å²) in [5, 5.41) is 8.89. The molecular formula is C15H18N2O3.